The van der Waals surface area contributed by atoms with Gasteiger partial charge in [0.1, 0.15) is 5.82 Å². The van der Waals surface area contributed by atoms with Crippen molar-refractivity contribution in [1.82, 2.24) is 9.97 Å². The molecule has 0 bridgehead atoms. The lowest BCUT2D eigenvalue weighted by atomic mass is 10.1. The van der Waals surface area contributed by atoms with E-state index in [0.29, 0.717) is 0 Å². The first kappa shape index (κ1) is 25.3. The highest BCUT2D eigenvalue weighted by Crippen LogP contribution is 2.06. The average molecular weight is 338 g/mol. The molecule has 24 heavy (non-hydrogen) atoms. The quantitative estimate of drug-likeness (QED) is 0.596. The van der Waals surface area contributed by atoms with E-state index in [1.54, 1.807) is 0 Å². The molecule has 0 aliphatic rings. The van der Waals surface area contributed by atoms with E-state index in [0.717, 1.165) is 30.6 Å². The van der Waals surface area contributed by atoms with Crippen LogP contribution in [-0.2, 0) is 6.42 Å². The third-order valence-corrected chi connectivity index (χ3v) is 3.98. The molecule has 0 saturated heterocycles. The second-order valence-electron chi connectivity index (χ2n) is 6.97. The molecule has 1 rings (SSSR count). The maximum Gasteiger partial charge on any atom is 0.125 e. The summed E-state index contributed by atoms with van der Waals surface area (Å²) in [6, 6.07) is 0. The predicted octanol–water partition coefficient (Wildman–Crippen LogP) is 5.95. The highest BCUT2D eigenvalue weighted by atomic mass is 14.8. The van der Waals surface area contributed by atoms with Crippen LogP contribution in [0.5, 0.6) is 0 Å². The molecule has 3 nitrogen and oxygen atoms in total. The zero-order chi connectivity index (χ0) is 18.8. The summed E-state index contributed by atoms with van der Waals surface area (Å²) in [6.07, 6.45) is 12.8. The monoisotopic (exact) mass is 337 g/mol. The number of hydrogen-bond donors (Lipinski definition) is 1. The first-order valence-electron chi connectivity index (χ1n) is 9.88. The number of unbranched alkanes of at least 4 members (excludes halogenated alkanes) is 2. The van der Waals surface area contributed by atoms with Gasteiger partial charge >= 0.3 is 0 Å². The first-order chi connectivity index (χ1) is 11.4. The topological polar surface area (TPSA) is 51.8 Å². The molecule has 0 spiro atoms. The highest BCUT2D eigenvalue weighted by Gasteiger charge is 1.93. The third-order valence-electron chi connectivity index (χ3n) is 3.98. The summed E-state index contributed by atoms with van der Waals surface area (Å²) in [4.78, 5) is 8.08. The van der Waals surface area contributed by atoms with E-state index >= 15 is 0 Å². The standard InChI is InChI=1S/C8H18.C7H10N2.C6H15N/c1-4-5-6-7-8(2)3;1-3-7-4-8-6(2)9-5-7;1-3-6(2)4-5-7/h8H,4-7H2,1-3H3;4-5H,3H2,1-2H3;6H,3-5,7H2,1-2H3. The van der Waals surface area contributed by atoms with E-state index in [-0.39, 0.29) is 0 Å². The van der Waals surface area contributed by atoms with Crippen molar-refractivity contribution in [1.29, 1.82) is 0 Å². The zero-order valence-electron chi connectivity index (χ0n) is 17.4. The largest absolute Gasteiger partial charge is 0.330 e. The van der Waals surface area contributed by atoms with Gasteiger partial charge in [-0.25, -0.2) is 9.97 Å². The number of aromatic nitrogens is 2. The van der Waals surface area contributed by atoms with Gasteiger partial charge in [-0.1, -0.05) is 73.6 Å². The average Bonchev–Trinajstić information content (AvgIpc) is 2.57. The van der Waals surface area contributed by atoms with Crippen molar-refractivity contribution in [2.45, 2.75) is 93.4 Å². The molecule has 0 aliphatic carbocycles. The van der Waals surface area contributed by atoms with Crippen molar-refractivity contribution in [3.05, 3.63) is 23.8 Å². The maximum absolute atomic E-state index is 5.30. The van der Waals surface area contributed by atoms with Gasteiger partial charge in [0.15, 0.2) is 0 Å². The Hall–Kier alpha value is -0.960. The summed E-state index contributed by atoms with van der Waals surface area (Å²) in [5, 5.41) is 0. The SMILES string of the molecule is CCC(C)CCN.CCCCCC(C)C.CCc1cnc(C)nc1. The fraction of sp³-hybridized carbons (Fsp3) is 0.810. The Balaban J connectivity index is 0. The van der Waals surface area contributed by atoms with Gasteiger partial charge in [-0.05, 0) is 43.7 Å². The van der Waals surface area contributed by atoms with Crippen LogP contribution in [0.25, 0.3) is 0 Å². The van der Waals surface area contributed by atoms with Gasteiger partial charge in [-0.3, -0.25) is 0 Å². The predicted molar refractivity (Wildman–Crippen MR) is 108 cm³/mol. The first-order valence-corrected chi connectivity index (χ1v) is 9.88. The molecule has 1 unspecified atom stereocenters. The van der Waals surface area contributed by atoms with E-state index in [2.05, 4.69) is 51.5 Å². The number of nitrogens with zero attached hydrogens (tertiary/aromatic N) is 2. The fourth-order valence-corrected chi connectivity index (χ4v) is 1.89. The smallest absolute Gasteiger partial charge is 0.125 e. The van der Waals surface area contributed by atoms with Gasteiger partial charge in [0.25, 0.3) is 0 Å². The Morgan fingerprint density at radius 3 is 1.88 bits per heavy atom. The van der Waals surface area contributed by atoms with E-state index < -0.39 is 0 Å². The molecular formula is C21H43N3. The van der Waals surface area contributed by atoms with E-state index in [9.17, 15) is 0 Å². The van der Waals surface area contributed by atoms with Crippen LogP contribution in [0.15, 0.2) is 12.4 Å². The van der Waals surface area contributed by atoms with Crippen LogP contribution in [-0.4, -0.2) is 16.5 Å². The van der Waals surface area contributed by atoms with Crippen LogP contribution in [0.4, 0.5) is 0 Å². The molecule has 1 atom stereocenters. The summed E-state index contributed by atoms with van der Waals surface area (Å²) >= 11 is 0. The second-order valence-corrected chi connectivity index (χ2v) is 6.97. The lowest BCUT2D eigenvalue weighted by molar-refractivity contribution is 0.524. The van der Waals surface area contributed by atoms with Crippen molar-refractivity contribution in [3.8, 4) is 0 Å². The van der Waals surface area contributed by atoms with Crippen molar-refractivity contribution in [2.24, 2.45) is 17.6 Å². The number of hydrogen-bond acceptors (Lipinski definition) is 3. The van der Waals surface area contributed by atoms with E-state index in [1.807, 2.05) is 19.3 Å². The van der Waals surface area contributed by atoms with E-state index in [4.69, 9.17) is 5.73 Å². The Morgan fingerprint density at radius 1 is 0.958 bits per heavy atom. The minimum Gasteiger partial charge on any atom is -0.330 e. The molecule has 0 aromatic carbocycles. The third kappa shape index (κ3) is 19.1. The lowest BCUT2D eigenvalue weighted by Gasteiger charge is -2.02. The number of nitrogens with two attached hydrogens (primary N) is 1. The van der Waals surface area contributed by atoms with Crippen molar-refractivity contribution in [3.63, 3.8) is 0 Å². The lowest BCUT2D eigenvalue weighted by Crippen LogP contribution is -2.04. The molecule has 0 fully saturated rings. The van der Waals surface area contributed by atoms with Crippen molar-refractivity contribution < 1.29 is 0 Å². The normalized spacial score (nSPS) is 11.2. The molecule has 0 saturated carbocycles. The van der Waals surface area contributed by atoms with Gasteiger partial charge in [0.2, 0.25) is 0 Å². The Labute approximate surface area is 151 Å². The van der Waals surface area contributed by atoms with Gasteiger partial charge in [-0.2, -0.15) is 0 Å². The van der Waals surface area contributed by atoms with Crippen LogP contribution >= 0.6 is 0 Å². The zero-order valence-corrected chi connectivity index (χ0v) is 17.4. The van der Waals surface area contributed by atoms with Crippen LogP contribution in [0, 0.1) is 18.8 Å². The van der Waals surface area contributed by atoms with Gasteiger partial charge in [-0.15, -0.1) is 0 Å². The summed E-state index contributed by atoms with van der Waals surface area (Å²) < 4.78 is 0. The molecule has 1 aromatic rings. The van der Waals surface area contributed by atoms with Gasteiger partial charge in [0, 0.05) is 12.4 Å². The molecule has 1 aromatic heterocycles. The Bertz CT molecular complexity index is 347. The molecule has 1 heterocycles. The number of rotatable bonds is 8. The molecule has 0 radical (unpaired) electrons. The molecule has 0 amide bonds. The highest BCUT2D eigenvalue weighted by molar-refractivity contribution is 5.03. The fourth-order valence-electron chi connectivity index (χ4n) is 1.89. The van der Waals surface area contributed by atoms with Crippen LogP contribution < -0.4 is 5.73 Å². The molecular weight excluding hydrogens is 294 g/mol. The summed E-state index contributed by atoms with van der Waals surface area (Å²) in [6.45, 7) is 16.1. The summed E-state index contributed by atoms with van der Waals surface area (Å²) in [5.41, 5.74) is 6.50. The van der Waals surface area contributed by atoms with Crippen LogP contribution in [0.2, 0.25) is 0 Å². The van der Waals surface area contributed by atoms with Gasteiger partial charge < -0.3 is 5.73 Å². The molecule has 0 aliphatic heterocycles. The molecule has 142 valence electrons. The minimum atomic E-state index is 0.824. The maximum atomic E-state index is 5.30. The Kier molecular flexibility index (Phi) is 19.4. The van der Waals surface area contributed by atoms with Crippen LogP contribution in [0.1, 0.15) is 91.5 Å². The van der Waals surface area contributed by atoms with Crippen molar-refractivity contribution >= 4 is 0 Å². The second kappa shape index (κ2) is 18.4. The van der Waals surface area contributed by atoms with Gasteiger partial charge in [0.05, 0.1) is 0 Å². The van der Waals surface area contributed by atoms with E-state index in [1.165, 1.54) is 44.1 Å². The summed E-state index contributed by atoms with van der Waals surface area (Å²) in [5.74, 6) is 2.57. The number of aryl methyl sites for hydroxylation is 2. The summed E-state index contributed by atoms with van der Waals surface area (Å²) in [7, 11) is 0. The Morgan fingerprint density at radius 2 is 1.54 bits per heavy atom. The van der Waals surface area contributed by atoms with Crippen molar-refractivity contribution in [2.75, 3.05) is 6.54 Å². The minimum absolute atomic E-state index is 0.824. The molecule has 3 heteroatoms. The van der Waals surface area contributed by atoms with Crippen LogP contribution in [0.3, 0.4) is 0 Å². The molecule has 2 N–H and O–H groups in total.